The predicted molar refractivity (Wildman–Crippen MR) is 72.5 cm³/mol. The molecule has 2 rings (SSSR count). The van der Waals surface area contributed by atoms with Crippen molar-refractivity contribution in [3.63, 3.8) is 0 Å². The van der Waals surface area contributed by atoms with Crippen molar-refractivity contribution in [3.8, 4) is 0 Å². The van der Waals surface area contributed by atoms with E-state index in [4.69, 9.17) is 5.11 Å². The number of hydrogen-bond acceptors (Lipinski definition) is 3. The molecule has 4 nitrogen and oxygen atoms in total. The van der Waals surface area contributed by atoms with Gasteiger partial charge in [0.15, 0.2) is 0 Å². The van der Waals surface area contributed by atoms with E-state index in [0.717, 1.165) is 5.56 Å². The first-order valence-corrected chi connectivity index (χ1v) is 6.20. The summed E-state index contributed by atoms with van der Waals surface area (Å²) >= 11 is 0. The molecule has 0 bridgehead atoms. The van der Waals surface area contributed by atoms with Crippen LogP contribution < -0.4 is 5.32 Å². The third-order valence-electron chi connectivity index (χ3n) is 2.99. The molecule has 0 unspecified atom stereocenters. The number of nitrogens with one attached hydrogen (secondary N) is 1. The zero-order valence-electron chi connectivity index (χ0n) is 11.1. The zero-order chi connectivity index (χ0) is 14.5. The molecule has 1 aromatic carbocycles. The third-order valence-corrected chi connectivity index (χ3v) is 2.99. The van der Waals surface area contributed by atoms with Crippen molar-refractivity contribution in [2.75, 3.05) is 0 Å². The number of pyridine rings is 1. The van der Waals surface area contributed by atoms with E-state index in [1.54, 1.807) is 31.3 Å². The largest absolute Gasteiger partial charge is 0.392 e. The van der Waals surface area contributed by atoms with Gasteiger partial charge in [0.25, 0.3) is 5.91 Å². The van der Waals surface area contributed by atoms with Gasteiger partial charge < -0.3 is 10.4 Å². The smallest absolute Gasteiger partial charge is 0.253 e. The van der Waals surface area contributed by atoms with Crippen LogP contribution >= 0.6 is 0 Å². The average Bonchev–Trinajstić information content (AvgIpc) is 2.46. The molecule has 2 aromatic rings. The molecule has 1 amide bonds. The lowest BCUT2D eigenvalue weighted by Crippen LogP contribution is -2.24. The molecule has 0 aliphatic carbocycles. The Morgan fingerprint density at radius 3 is 2.90 bits per heavy atom. The van der Waals surface area contributed by atoms with Gasteiger partial charge in [-0.05, 0) is 36.8 Å². The maximum atomic E-state index is 13.2. The molecule has 0 saturated heterocycles. The van der Waals surface area contributed by atoms with Crippen LogP contribution in [-0.4, -0.2) is 16.0 Å². The van der Waals surface area contributed by atoms with Gasteiger partial charge in [-0.1, -0.05) is 6.07 Å². The molecule has 5 heteroatoms. The van der Waals surface area contributed by atoms with Crippen LogP contribution in [0.5, 0.6) is 0 Å². The SMILES string of the molecule is Cc1ncccc1C(=O)NCc1ccc(F)c(CO)c1. The van der Waals surface area contributed by atoms with Crippen molar-refractivity contribution in [2.45, 2.75) is 20.1 Å². The fourth-order valence-electron chi connectivity index (χ4n) is 1.86. The van der Waals surface area contributed by atoms with Gasteiger partial charge in [-0.25, -0.2) is 4.39 Å². The van der Waals surface area contributed by atoms with Crippen LogP contribution in [0.15, 0.2) is 36.5 Å². The molecule has 1 aromatic heterocycles. The van der Waals surface area contributed by atoms with E-state index < -0.39 is 5.82 Å². The van der Waals surface area contributed by atoms with E-state index in [1.165, 1.54) is 12.1 Å². The summed E-state index contributed by atoms with van der Waals surface area (Å²) in [7, 11) is 0. The quantitative estimate of drug-likeness (QED) is 0.895. The molecule has 0 fully saturated rings. The number of halogens is 1. The Hall–Kier alpha value is -2.27. The van der Waals surface area contributed by atoms with Gasteiger partial charge in [0.2, 0.25) is 0 Å². The van der Waals surface area contributed by atoms with Crippen molar-refractivity contribution >= 4 is 5.91 Å². The molecule has 104 valence electrons. The van der Waals surface area contributed by atoms with Gasteiger partial charge in [0.1, 0.15) is 5.82 Å². The minimum atomic E-state index is -0.453. The highest BCUT2D eigenvalue weighted by atomic mass is 19.1. The predicted octanol–water partition coefficient (Wildman–Crippen LogP) is 1.95. The van der Waals surface area contributed by atoms with E-state index in [9.17, 15) is 9.18 Å². The number of amides is 1. The number of carbonyl (C=O) groups excluding carboxylic acids is 1. The highest BCUT2D eigenvalue weighted by Crippen LogP contribution is 2.11. The van der Waals surface area contributed by atoms with Crippen LogP contribution in [0.1, 0.15) is 27.2 Å². The number of nitrogens with zero attached hydrogens (tertiary/aromatic N) is 1. The number of rotatable bonds is 4. The van der Waals surface area contributed by atoms with Gasteiger partial charge in [0, 0.05) is 24.0 Å². The van der Waals surface area contributed by atoms with E-state index in [-0.39, 0.29) is 24.6 Å². The van der Waals surface area contributed by atoms with E-state index >= 15 is 0 Å². The van der Waals surface area contributed by atoms with Crippen molar-refractivity contribution in [1.29, 1.82) is 0 Å². The number of benzene rings is 1. The highest BCUT2D eigenvalue weighted by Gasteiger charge is 2.09. The van der Waals surface area contributed by atoms with Gasteiger partial charge >= 0.3 is 0 Å². The highest BCUT2D eigenvalue weighted by molar-refractivity contribution is 5.95. The van der Waals surface area contributed by atoms with Crippen LogP contribution in [-0.2, 0) is 13.2 Å². The van der Waals surface area contributed by atoms with Crippen LogP contribution in [0.25, 0.3) is 0 Å². The lowest BCUT2D eigenvalue weighted by atomic mass is 10.1. The molecule has 0 radical (unpaired) electrons. The van der Waals surface area contributed by atoms with Gasteiger partial charge in [0.05, 0.1) is 12.2 Å². The minimum Gasteiger partial charge on any atom is -0.392 e. The molecule has 20 heavy (non-hydrogen) atoms. The zero-order valence-corrected chi connectivity index (χ0v) is 11.1. The summed E-state index contributed by atoms with van der Waals surface area (Å²) in [6.45, 7) is 1.66. The molecule has 0 aliphatic rings. The summed E-state index contributed by atoms with van der Waals surface area (Å²) in [5, 5.41) is 11.7. The van der Waals surface area contributed by atoms with Gasteiger partial charge in [-0.15, -0.1) is 0 Å². The Kier molecular flexibility index (Phi) is 4.42. The van der Waals surface area contributed by atoms with Crippen LogP contribution in [0.3, 0.4) is 0 Å². The summed E-state index contributed by atoms with van der Waals surface area (Å²) < 4.78 is 13.2. The van der Waals surface area contributed by atoms with Crippen molar-refractivity contribution < 1.29 is 14.3 Å². The van der Waals surface area contributed by atoms with Crippen LogP contribution in [0.2, 0.25) is 0 Å². The first-order chi connectivity index (χ1) is 9.61. The Labute approximate surface area is 116 Å². The maximum Gasteiger partial charge on any atom is 0.253 e. The summed E-state index contributed by atoms with van der Waals surface area (Å²) in [5.41, 5.74) is 2.11. The van der Waals surface area contributed by atoms with E-state index in [1.807, 2.05) is 0 Å². The second-order valence-corrected chi connectivity index (χ2v) is 4.40. The summed E-state index contributed by atoms with van der Waals surface area (Å²) in [6.07, 6.45) is 1.62. The first kappa shape index (κ1) is 14.1. The standard InChI is InChI=1S/C15H15FN2O2/c1-10-13(3-2-6-17-10)15(20)18-8-11-4-5-14(16)12(7-11)9-19/h2-7,19H,8-9H2,1H3,(H,18,20). The Morgan fingerprint density at radius 1 is 1.40 bits per heavy atom. The number of aliphatic hydroxyl groups is 1. The van der Waals surface area contributed by atoms with E-state index in [2.05, 4.69) is 10.3 Å². The number of carbonyl (C=O) groups is 1. The fraction of sp³-hybridized carbons (Fsp3) is 0.200. The van der Waals surface area contributed by atoms with Crippen LogP contribution in [0, 0.1) is 12.7 Å². The van der Waals surface area contributed by atoms with E-state index in [0.29, 0.717) is 11.3 Å². The molecule has 0 spiro atoms. The number of aryl methyl sites for hydroxylation is 1. The van der Waals surface area contributed by atoms with Gasteiger partial charge in [-0.3, -0.25) is 9.78 Å². The number of aliphatic hydroxyl groups excluding tert-OH is 1. The molecular weight excluding hydrogens is 259 g/mol. The number of aromatic nitrogens is 1. The first-order valence-electron chi connectivity index (χ1n) is 6.20. The lowest BCUT2D eigenvalue weighted by molar-refractivity contribution is 0.0950. The fourth-order valence-corrected chi connectivity index (χ4v) is 1.86. The van der Waals surface area contributed by atoms with Crippen molar-refractivity contribution in [1.82, 2.24) is 10.3 Å². The third kappa shape index (κ3) is 3.19. The molecule has 2 N–H and O–H groups in total. The topological polar surface area (TPSA) is 62.2 Å². The molecule has 0 aliphatic heterocycles. The average molecular weight is 274 g/mol. The Bertz CT molecular complexity index is 629. The summed E-state index contributed by atoms with van der Waals surface area (Å²) in [5.74, 6) is -0.684. The Morgan fingerprint density at radius 2 is 2.20 bits per heavy atom. The monoisotopic (exact) mass is 274 g/mol. The molecule has 0 atom stereocenters. The molecule has 1 heterocycles. The molecular formula is C15H15FN2O2. The maximum absolute atomic E-state index is 13.2. The van der Waals surface area contributed by atoms with Crippen molar-refractivity contribution in [2.24, 2.45) is 0 Å². The Balaban J connectivity index is 2.06. The van der Waals surface area contributed by atoms with Crippen LogP contribution in [0.4, 0.5) is 4.39 Å². The number of hydrogen-bond donors (Lipinski definition) is 2. The van der Waals surface area contributed by atoms with Crippen molar-refractivity contribution in [3.05, 3.63) is 64.7 Å². The molecule has 0 saturated carbocycles. The second-order valence-electron chi connectivity index (χ2n) is 4.40. The normalized spacial score (nSPS) is 10.3. The summed E-state index contributed by atoms with van der Waals surface area (Å²) in [6, 6.07) is 7.78. The second kappa shape index (κ2) is 6.25. The summed E-state index contributed by atoms with van der Waals surface area (Å²) in [4.78, 5) is 16.0. The lowest BCUT2D eigenvalue weighted by Gasteiger charge is -2.08. The van der Waals surface area contributed by atoms with Gasteiger partial charge in [-0.2, -0.15) is 0 Å². The minimum absolute atomic E-state index is 0.217.